The third-order valence-electron chi connectivity index (χ3n) is 7.98. The van der Waals surface area contributed by atoms with E-state index >= 15 is 0 Å². The van der Waals surface area contributed by atoms with E-state index in [1.807, 2.05) is 0 Å². The lowest BCUT2D eigenvalue weighted by molar-refractivity contribution is -0.142. The Hall–Kier alpha value is -3.30. The van der Waals surface area contributed by atoms with Gasteiger partial charge in [-0.1, -0.05) is 35.9 Å². The molecule has 2 aromatic rings. The van der Waals surface area contributed by atoms with Gasteiger partial charge < -0.3 is 9.64 Å². The molecule has 1 aromatic carbocycles. The van der Waals surface area contributed by atoms with E-state index in [2.05, 4.69) is 31.9 Å². The van der Waals surface area contributed by atoms with Crippen molar-refractivity contribution in [1.29, 1.82) is 0 Å². The van der Waals surface area contributed by atoms with Gasteiger partial charge in [0.05, 0.1) is 29.0 Å². The predicted molar refractivity (Wildman–Crippen MR) is 136 cm³/mol. The normalized spacial score (nSPS) is 27.6. The lowest BCUT2D eigenvalue weighted by Gasteiger charge is -2.36. The summed E-state index contributed by atoms with van der Waals surface area (Å²) in [6.45, 7) is 3.30. The molecule has 5 unspecified atom stereocenters. The van der Waals surface area contributed by atoms with Crippen LogP contribution in [0.15, 0.2) is 54.9 Å². The number of halogens is 1. The van der Waals surface area contributed by atoms with Crippen LogP contribution in [0.4, 0.5) is 5.95 Å². The van der Waals surface area contributed by atoms with E-state index in [0.717, 1.165) is 19.5 Å². The van der Waals surface area contributed by atoms with Gasteiger partial charge in [-0.2, -0.15) is 0 Å². The highest BCUT2D eigenvalue weighted by Gasteiger charge is 2.59. The fourth-order valence-corrected chi connectivity index (χ4v) is 6.41. The van der Waals surface area contributed by atoms with Crippen molar-refractivity contribution in [2.75, 3.05) is 44.2 Å². The molecule has 3 heterocycles. The number of ether oxygens (including phenoxy) is 1. The van der Waals surface area contributed by atoms with Gasteiger partial charge >= 0.3 is 5.97 Å². The van der Waals surface area contributed by atoms with Gasteiger partial charge in [0, 0.05) is 45.1 Å². The van der Waals surface area contributed by atoms with Crippen LogP contribution in [-0.2, 0) is 14.3 Å². The number of piperazine rings is 1. The SMILES string of the molecule is O=C(OC(CN1CCN(c2ncccn2)CC1)CN1C(=O)C2C3C=CC(C3)C2C1=O)c1ccccc1Cl. The number of nitrogens with zero attached hydrogens (tertiary/aromatic N) is 5. The van der Waals surface area contributed by atoms with E-state index in [1.165, 1.54) is 4.90 Å². The van der Waals surface area contributed by atoms with Gasteiger partial charge in [-0.25, -0.2) is 14.8 Å². The standard InChI is InChI=1S/C27H28ClN5O4/c28-21-5-2-1-4-20(21)26(36)37-19(15-31-10-12-32(13-11-31)27-29-8-3-9-30-27)16-33-24(34)22-17-6-7-18(14-17)23(22)25(33)35/h1-9,17-19,22-23H,10-16H2. The molecule has 9 nitrogen and oxygen atoms in total. The lowest BCUT2D eigenvalue weighted by Crippen LogP contribution is -2.52. The Morgan fingerprint density at radius 2 is 1.59 bits per heavy atom. The number of esters is 1. The number of benzene rings is 1. The summed E-state index contributed by atoms with van der Waals surface area (Å²) in [4.78, 5) is 53.9. The third-order valence-corrected chi connectivity index (χ3v) is 8.31. The molecule has 37 heavy (non-hydrogen) atoms. The second-order valence-electron chi connectivity index (χ2n) is 10.1. The zero-order valence-corrected chi connectivity index (χ0v) is 21.0. The van der Waals surface area contributed by atoms with Crippen molar-refractivity contribution in [2.24, 2.45) is 23.7 Å². The van der Waals surface area contributed by atoms with Crippen LogP contribution in [-0.4, -0.2) is 82.9 Å². The van der Waals surface area contributed by atoms with Crippen molar-refractivity contribution in [3.05, 3.63) is 65.5 Å². The van der Waals surface area contributed by atoms with Gasteiger partial charge in [0.1, 0.15) is 6.10 Å². The number of rotatable bonds is 7. The lowest BCUT2D eigenvalue weighted by atomic mass is 9.85. The molecule has 0 N–H and O–H groups in total. The first kappa shape index (κ1) is 24.1. The Balaban J connectivity index is 1.16. The summed E-state index contributed by atoms with van der Waals surface area (Å²) in [6.07, 6.45) is 7.79. The minimum atomic E-state index is -0.680. The van der Waals surface area contributed by atoms with Gasteiger partial charge in [-0.3, -0.25) is 19.4 Å². The number of likely N-dealkylation sites (tertiary alicyclic amines) is 1. The molecule has 0 spiro atoms. The second-order valence-corrected chi connectivity index (χ2v) is 10.5. The molecule has 1 aromatic heterocycles. The second kappa shape index (κ2) is 9.87. The average molecular weight is 522 g/mol. The van der Waals surface area contributed by atoms with Crippen LogP contribution in [0.25, 0.3) is 0 Å². The first-order valence-electron chi connectivity index (χ1n) is 12.7. The topological polar surface area (TPSA) is 95.9 Å². The van der Waals surface area contributed by atoms with Crippen molar-refractivity contribution < 1.29 is 19.1 Å². The van der Waals surface area contributed by atoms with Crippen LogP contribution in [0.2, 0.25) is 5.02 Å². The average Bonchev–Trinajstić information content (AvgIpc) is 3.60. The van der Waals surface area contributed by atoms with E-state index in [1.54, 1.807) is 42.7 Å². The number of hydrogen-bond acceptors (Lipinski definition) is 8. The highest BCUT2D eigenvalue weighted by molar-refractivity contribution is 6.33. The largest absolute Gasteiger partial charge is 0.455 e. The Morgan fingerprint density at radius 1 is 0.946 bits per heavy atom. The first-order chi connectivity index (χ1) is 18.0. The maximum atomic E-state index is 13.3. The van der Waals surface area contributed by atoms with E-state index in [4.69, 9.17) is 16.3 Å². The molecule has 2 bridgehead atoms. The van der Waals surface area contributed by atoms with Crippen molar-refractivity contribution in [1.82, 2.24) is 19.8 Å². The molecule has 192 valence electrons. The molecule has 4 aliphatic rings. The van der Waals surface area contributed by atoms with Gasteiger partial charge in [-0.05, 0) is 36.5 Å². The molecule has 2 aliphatic carbocycles. The van der Waals surface area contributed by atoms with Crippen molar-refractivity contribution in [2.45, 2.75) is 12.5 Å². The minimum Gasteiger partial charge on any atom is -0.455 e. The van der Waals surface area contributed by atoms with E-state index < -0.39 is 12.1 Å². The fraction of sp³-hybridized carbons (Fsp3) is 0.444. The molecular formula is C27H28ClN5O4. The highest BCUT2D eigenvalue weighted by atomic mass is 35.5. The molecule has 5 atom stereocenters. The number of carbonyl (C=O) groups is 3. The van der Waals surface area contributed by atoms with Crippen LogP contribution >= 0.6 is 11.6 Å². The molecule has 6 rings (SSSR count). The van der Waals surface area contributed by atoms with E-state index in [0.29, 0.717) is 30.6 Å². The van der Waals surface area contributed by atoms with E-state index in [-0.39, 0.29) is 47.6 Å². The summed E-state index contributed by atoms with van der Waals surface area (Å²) >= 11 is 6.23. The number of imide groups is 1. The van der Waals surface area contributed by atoms with Crippen LogP contribution in [0.5, 0.6) is 0 Å². The number of allylic oxidation sites excluding steroid dienone is 2. The number of amides is 2. The summed E-state index contributed by atoms with van der Waals surface area (Å²) in [5, 5.41) is 0.299. The van der Waals surface area contributed by atoms with E-state index in [9.17, 15) is 14.4 Å². The number of fused-ring (bicyclic) bond motifs is 5. The smallest absolute Gasteiger partial charge is 0.340 e. The minimum absolute atomic E-state index is 0.0440. The van der Waals surface area contributed by atoms with Gasteiger partial charge in [0.15, 0.2) is 0 Å². The number of carbonyl (C=O) groups excluding carboxylic acids is 3. The maximum absolute atomic E-state index is 13.3. The Morgan fingerprint density at radius 3 is 2.24 bits per heavy atom. The predicted octanol–water partition coefficient (Wildman–Crippen LogP) is 2.28. The van der Waals surface area contributed by atoms with Gasteiger partial charge in [0.2, 0.25) is 17.8 Å². The number of anilines is 1. The summed E-state index contributed by atoms with van der Waals surface area (Å²) in [6, 6.07) is 8.50. The highest BCUT2D eigenvalue weighted by Crippen LogP contribution is 2.52. The van der Waals surface area contributed by atoms with Crippen LogP contribution in [0, 0.1) is 23.7 Å². The van der Waals surface area contributed by atoms with Crippen molar-refractivity contribution >= 4 is 35.3 Å². The van der Waals surface area contributed by atoms with Crippen molar-refractivity contribution in [3.8, 4) is 0 Å². The Labute approximate surface area is 220 Å². The monoisotopic (exact) mass is 521 g/mol. The van der Waals surface area contributed by atoms with Crippen LogP contribution in [0.3, 0.4) is 0 Å². The van der Waals surface area contributed by atoms with Crippen molar-refractivity contribution in [3.63, 3.8) is 0 Å². The first-order valence-corrected chi connectivity index (χ1v) is 13.1. The molecule has 10 heteroatoms. The summed E-state index contributed by atoms with van der Waals surface area (Å²) in [5.74, 6) is -0.454. The molecular weight excluding hydrogens is 494 g/mol. The summed E-state index contributed by atoms with van der Waals surface area (Å²) in [5.41, 5.74) is 0.262. The van der Waals surface area contributed by atoms with Crippen LogP contribution in [0.1, 0.15) is 16.8 Å². The number of hydrogen-bond donors (Lipinski definition) is 0. The molecule has 2 saturated heterocycles. The molecule has 3 fully saturated rings. The quantitative estimate of drug-likeness (QED) is 0.311. The summed E-state index contributed by atoms with van der Waals surface area (Å²) < 4.78 is 5.92. The molecule has 1 saturated carbocycles. The molecule has 2 amide bonds. The third kappa shape index (κ3) is 4.51. The zero-order chi connectivity index (χ0) is 25.5. The number of aromatic nitrogens is 2. The van der Waals surface area contributed by atoms with Crippen LogP contribution < -0.4 is 4.90 Å². The molecule has 2 aliphatic heterocycles. The molecule has 0 radical (unpaired) electrons. The summed E-state index contributed by atoms with van der Waals surface area (Å²) in [7, 11) is 0. The zero-order valence-electron chi connectivity index (χ0n) is 20.3. The Kier molecular flexibility index (Phi) is 6.42. The van der Waals surface area contributed by atoms with Gasteiger partial charge in [0.25, 0.3) is 0 Å². The fourth-order valence-electron chi connectivity index (χ4n) is 6.19. The Bertz CT molecular complexity index is 1200. The van der Waals surface area contributed by atoms with Gasteiger partial charge in [-0.15, -0.1) is 0 Å². The maximum Gasteiger partial charge on any atom is 0.340 e.